The highest BCUT2D eigenvalue weighted by molar-refractivity contribution is 8.00. The number of nitrogen functional groups attached to an aromatic ring is 2. The lowest BCUT2D eigenvalue weighted by Crippen LogP contribution is -2.71. The van der Waals surface area contributed by atoms with Gasteiger partial charge in [0.15, 0.2) is 11.3 Å². The van der Waals surface area contributed by atoms with Gasteiger partial charge in [-0.15, -0.1) is 11.8 Å². The predicted molar refractivity (Wildman–Crippen MR) is 146 cm³/mol. The average Bonchev–Trinajstić information content (AvgIpc) is 3.66. The molecule has 2 fully saturated rings. The molecule has 6 rings (SSSR count). The number of β-lactam (4-membered cyclic amide) rings is 1. The van der Waals surface area contributed by atoms with Crippen LogP contribution in [0.5, 0.6) is 0 Å². The normalized spacial score (nSPS) is 22.0. The number of carbonyl (C=O) groups is 3. The number of aliphatic carboxylic acids is 1. The third kappa shape index (κ3) is 4.84. The molecule has 3 aromatic heterocycles. The van der Waals surface area contributed by atoms with Gasteiger partial charge in [0.05, 0.1) is 17.9 Å². The van der Waals surface area contributed by atoms with Gasteiger partial charge in [-0.3, -0.25) is 14.5 Å². The van der Waals surface area contributed by atoms with Gasteiger partial charge in [0.25, 0.3) is 17.6 Å². The maximum absolute atomic E-state index is 13.4. The molecule has 0 spiro atoms. The van der Waals surface area contributed by atoms with Crippen LogP contribution in [0.15, 0.2) is 41.0 Å². The van der Waals surface area contributed by atoms with E-state index in [9.17, 15) is 19.5 Å². The summed E-state index contributed by atoms with van der Waals surface area (Å²) in [6.45, 7) is 2.07. The number of carboxylic acid groups (broad SMARTS) is 1. The molecule has 5 heterocycles. The van der Waals surface area contributed by atoms with Gasteiger partial charge in [-0.05, 0) is 38.7 Å². The van der Waals surface area contributed by atoms with Crippen LogP contribution in [0.1, 0.15) is 38.4 Å². The molecule has 15 nitrogen and oxygen atoms in total. The molecule has 41 heavy (non-hydrogen) atoms. The highest BCUT2D eigenvalue weighted by atomic mass is 32.2. The van der Waals surface area contributed by atoms with Gasteiger partial charge >= 0.3 is 5.65 Å². The molecule has 0 aromatic carbocycles. The Balaban J connectivity index is 1.23. The topological polar surface area (TPSA) is 210 Å². The minimum Gasteiger partial charge on any atom is -0.543 e. The standard InChI is InChI=1S/C24H26N10O5S2/c1-24(6-2-3-7-24)39-30-15(18-29-23(26)41-31-18)19(35)28-16-20(36)33-17(22(37)38)12(11-40-21(16)33)9-32-10-13(25)34-14(32)5-4-8-27-34/h4-5,8,10,16,21H,2-3,6-7,9,11H2,1H3,(H5-,25,26,27,28,29,31,35,37,38)/b30-15-/t16-,21-/m1/s1. The quantitative estimate of drug-likeness (QED) is 0.121. The molecule has 0 unspecified atom stereocenters. The molecule has 0 radical (unpaired) electrons. The fourth-order valence-electron chi connectivity index (χ4n) is 5.28. The Hall–Kier alpha value is -4.25. The van der Waals surface area contributed by atoms with Crippen molar-refractivity contribution in [1.29, 1.82) is 0 Å². The molecular weight excluding hydrogens is 572 g/mol. The van der Waals surface area contributed by atoms with E-state index in [0.717, 1.165) is 42.1 Å². The van der Waals surface area contributed by atoms with Crippen LogP contribution in [0, 0.1) is 0 Å². The number of aromatic nitrogens is 5. The molecule has 1 aliphatic carbocycles. The molecule has 1 saturated heterocycles. The minimum atomic E-state index is -1.48. The monoisotopic (exact) mass is 598 g/mol. The first kappa shape index (κ1) is 26.9. The highest BCUT2D eigenvalue weighted by Crippen LogP contribution is 2.40. The van der Waals surface area contributed by atoms with Gasteiger partial charge in [0, 0.05) is 28.9 Å². The Morgan fingerprint density at radius 1 is 1.34 bits per heavy atom. The molecule has 2 aliphatic heterocycles. The number of nitrogens with one attached hydrogen (secondary N) is 1. The Kier molecular flexibility index (Phi) is 6.77. The lowest BCUT2D eigenvalue weighted by atomic mass is 10.0. The number of carbonyl (C=O) groups excluding carboxylic acids is 3. The molecule has 214 valence electrons. The van der Waals surface area contributed by atoms with E-state index in [0.29, 0.717) is 17.0 Å². The largest absolute Gasteiger partial charge is 0.543 e. The smallest absolute Gasteiger partial charge is 0.309 e. The van der Waals surface area contributed by atoms with Crippen LogP contribution in [0.2, 0.25) is 0 Å². The fourth-order valence-corrected chi connectivity index (χ4v) is 7.05. The first-order chi connectivity index (χ1) is 19.6. The summed E-state index contributed by atoms with van der Waals surface area (Å²) < 4.78 is 7.37. The zero-order valence-electron chi connectivity index (χ0n) is 21.8. The number of nitrogens with two attached hydrogens (primary N) is 2. The van der Waals surface area contributed by atoms with E-state index in [1.54, 1.807) is 29.1 Å². The molecule has 3 aliphatic rings. The molecular formula is C24H26N10O5S2. The van der Waals surface area contributed by atoms with Crippen molar-refractivity contribution in [2.75, 3.05) is 17.2 Å². The van der Waals surface area contributed by atoms with Crippen LogP contribution in [0.3, 0.4) is 0 Å². The number of carboxylic acids is 1. The van der Waals surface area contributed by atoms with Crippen molar-refractivity contribution < 1.29 is 28.9 Å². The summed E-state index contributed by atoms with van der Waals surface area (Å²) >= 11 is 2.22. The van der Waals surface area contributed by atoms with Crippen LogP contribution >= 0.6 is 23.3 Å². The number of nitrogens with zero attached hydrogens (tertiary/aromatic N) is 7. The number of oxime groups is 1. The number of amides is 2. The van der Waals surface area contributed by atoms with E-state index in [1.807, 2.05) is 6.92 Å². The predicted octanol–water partition coefficient (Wildman–Crippen LogP) is -1.20. The van der Waals surface area contributed by atoms with Crippen molar-refractivity contribution in [2.45, 2.75) is 56.2 Å². The second-order valence-corrected chi connectivity index (χ2v) is 12.1. The van der Waals surface area contributed by atoms with Gasteiger partial charge in [-0.2, -0.15) is 9.36 Å². The van der Waals surface area contributed by atoms with E-state index in [2.05, 4.69) is 24.9 Å². The highest BCUT2D eigenvalue weighted by Gasteiger charge is 2.53. The molecule has 2 atom stereocenters. The zero-order chi connectivity index (χ0) is 28.9. The third-order valence-electron chi connectivity index (χ3n) is 7.33. The van der Waals surface area contributed by atoms with E-state index in [-0.39, 0.29) is 34.7 Å². The van der Waals surface area contributed by atoms with E-state index < -0.39 is 34.8 Å². The van der Waals surface area contributed by atoms with E-state index in [4.69, 9.17) is 16.3 Å². The summed E-state index contributed by atoms with van der Waals surface area (Å²) in [4.78, 5) is 49.8. The second-order valence-electron chi connectivity index (χ2n) is 10.2. The summed E-state index contributed by atoms with van der Waals surface area (Å²) in [6, 6.07) is 2.53. The van der Waals surface area contributed by atoms with Crippen LogP contribution < -0.4 is 26.5 Å². The van der Waals surface area contributed by atoms with Crippen molar-refractivity contribution in [3.63, 3.8) is 0 Å². The van der Waals surface area contributed by atoms with Crippen molar-refractivity contribution in [2.24, 2.45) is 5.16 Å². The first-order valence-corrected chi connectivity index (χ1v) is 14.6. The van der Waals surface area contributed by atoms with Gasteiger partial charge in [-0.25, -0.2) is 4.57 Å². The van der Waals surface area contributed by atoms with Crippen molar-refractivity contribution in [1.82, 2.24) is 29.2 Å². The SMILES string of the molecule is CC1(O/N=C(\C(=O)N[C@@H]2C(=O)N3C(C(=O)[O-])=C(C[n+]4cc(N)n5ncccc54)CS[C@H]23)c2nsc(N)n2)CCCC1. The van der Waals surface area contributed by atoms with Gasteiger partial charge in [0.1, 0.15) is 23.6 Å². The number of hydrogen-bond donors (Lipinski definition) is 3. The van der Waals surface area contributed by atoms with Crippen LogP contribution in [0.25, 0.3) is 5.65 Å². The Morgan fingerprint density at radius 2 is 2.12 bits per heavy atom. The number of hydrogen-bond acceptors (Lipinski definition) is 13. The average molecular weight is 599 g/mol. The Morgan fingerprint density at radius 3 is 2.83 bits per heavy atom. The van der Waals surface area contributed by atoms with Gasteiger partial charge in [0.2, 0.25) is 11.5 Å². The molecule has 3 aromatic rings. The second kappa shape index (κ2) is 10.3. The minimum absolute atomic E-state index is 0.0188. The van der Waals surface area contributed by atoms with Gasteiger partial charge < -0.3 is 31.5 Å². The number of rotatable bonds is 8. The molecule has 1 saturated carbocycles. The summed E-state index contributed by atoms with van der Waals surface area (Å²) in [5, 5.41) is 22.7. The van der Waals surface area contributed by atoms with Crippen LogP contribution in [-0.4, -0.2) is 70.1 Å². The zero-order valence-corrected chi connectivity index (χ0v) is 23.5. The van der Waals surface area contributed by atoms with E-state index >= 15 is 0 Å². The fraction of sp³-hybridized carbons (Fsp3) is 0.417. The van der Waals surface area contributed by atoms with Crippen molar-refractivity contribution >= 4 is 63.4 Å². The maximum atomic E-state index is 13.4. The van der Waals surface area contributed by atoms with E-state index in [1.165, 1.54) is 16.3 Å². The molecule has 0 bridgehead atoms. The maximum Gasteiger partial charge on any atom is 0.309 e. The number of fused-ring (bicyclic) bond motifs is 2. The molecule has 2 amide bonds. The summed E-state index contributed by atoms with van der Waals surface area (Å²) in [7, 11) is 0. The molecule has 5 N–H and O–H groups in total. The summed E-state index contributed by atoms with van der Waals surface area (Å²) in [6.07, 6.45) is 6.78. The summed E-state index contributed by atoms with van der Waals surface area (Å²) in [5.74, 6) is -2.17. The lowest BCUT2D eigenvalue weighted by molar-refractivity contribution is -0.662. The van der Waals surface area contributed by atoms with Crippen molar-refractivity contribution in [3.05, 3.63) is 41.6 Å². The van der Waals surface area contributed by atoms with Gasteiger partial charge in [-0.1, -0.05) is 14.8 Å². The van der Waals surface area contributed by atoms with Crippen molar-refractivity contribution in [3.8, 4) is 0 Å². The third-order valence-corrected chi connectivity index (χ3v) is 9.22. The van der Waals surface area contributed by atoms with Crippen LogP contribution in [0.4, 0.5) is 10.9 Å². The Labute approximate surface area is 241 Å². The number of anilines is 2. The summed E-state index contributed by atoms with van der Waals surface area (Å²) in [5.41, 5.74) is 11.9. The lowest BCUT2D eigenvalue weighted by Gasteiger charge is -2.50. The first-order valence-electron chi connectivity index (χ1n) is 12.8. The Bertz CT molecular complexity index is 1630. The number of imidazole rings is 1. The molecule has 17 heteroatoms. The number of thioether (sulfide) groups is 1. The van der Waals surface area contributed by atoms with Crippen LogP contribution in [-0.2, 0) is 25.8 Å².